The van der Waals surface area contributed by atoms with E-state index in [9.17, 15) is 19.7 Å². The van der Waals surface area contributed by atoms with Crippen molar-refractivity contribution in [3.05, 3.63) is 50.4 Å². The minimum Gasteiger partial charge on any atom is -0.459 e. The van der Waals surface area contributed by atoms with Crippen LogP contribution in [-0.4, -0.2) is 29.6 Å². The van der Waals surface area contributed by atoms with E-state index in [2.05, 4.69) is 5.32 Å². The summed E-state index contributed by atoms with van der Waals surface area (Å²) in [6.45, 7) is 5.74. The van der Waals surface area contributed by atoms with Crippen LogP contribution in [0.3, 0.4) is 0 Å². The summed E-state index contributed by atoms with van der Waals surface area (Å²) in [4.78, 5) is 38.8. The quantitative estimate of drug-likeness (QED) is 0.369. The van der Waals surface area contributed by atoms with Crippen LogP contribution in [0.15, 0.2) is 34.7 Å². The number of carbonyl (C=O) groups is 2. The monoisotopic (exact) mass is 482 g/mol. The molecule has 0 bridgehead atoms. The van der Waals surface area contributed by atoms with Gasteiger partial charge in [0.25, 0.3) is 5.69 Å². The lowest BCUT2D eigenvalue weighted by Crippen LogP contribution is -2.39. The molecule has 9 heteroatoms. The molecule has 9 nitrogen and oxygen atoms in total. The van der Waals surface area contributed by atoms with Crippen molar-refractivity contribution in [3.8, 4) is 11.5 Å². The number of nitrogens with one attached hydrogen (secondary N) is 1. The van der Waals surface area contributed by atoms with E-state index < -0.39 is 16.8 Å². The summed E-state index contributed by atoms with van der Waals surface area (Å²) >= 11 is 0. The number of nitrogens with zero attached hydrogens (tertiary/aromatic N) is 1. The predicted molar refractivity (Wildman–Crippen MR) is 126 cm³/mol. The number of Topliss-reactive ketones (excluding diaryl/α,β-unsaturated/α-hetero) is 1. The van der Waals surface area contributed by atoms with Gasteiger partial charge in [-0.2, -0.15) is 0 Å². The lowest BCUT2D eigenvalue weighted by molar-refractivity contribution is -0.385. The second kappa shape index (κ2) is 8.70. The van der Waals surface area contributed by atoms with Crippen molar-refractivity contribution in [1.82, 2.24) is 5.32 Å². The highest BCUT2D eigenvalue weighted by atomic mass is 16.7. The zero-order chi connectivity index (χ0) is 24.9. The number of nitro groups is 1. The van der Waals surface area contributed by atoms with Crippen molar-refractivity contribution in [2.45, 2.75) is 77.7 Å². The van der Waals surface area contributed by atoms with Gasteiger partial charge in [0.15, 0.2) is 17.3 Å². The van der Waals surface area contributed by atoms with E-state index in [-0.39, 0.29) is 53.1 Å². The van der Waals surface area contributed by atoms with Crippen molar-refractivity contribution in [2.24, 2.45) is 5.41 Å². The summed E-state index contributed by atoms with van der Waals surface area (Å²) in [7, 11) is 0. The fourth-order valence-electron chi connectivity index (χ4n) is 5.75. The third-order valence-electron chi connectivity index (χ3n) is 7.32. The first-order valence-electron chi connectivity index (χ1n) is 12.2. The number of dihydropyridines is 1. The van der Waals surface area contributed by atoms with E-state index >= 15 is 0 Å². The first-order chi connectivity index (χ1) is 16.6. The Morgan fingerprint density at radius 3 is 2.51 bits per heavy atom. The zero-order valence-corrected chi connectivity index (χ0v) is 20.3. The first-order valence-corrected chi connectivity index (χ1v) is 12.2. The van der Waals surface area contributed by atoms with Crippen molar-refractivity contribution in [1.29, 1.82) is 0 Å². The van der Waals surface area contributed by atoms with Crippen LogP contribution in [-0.2, 0) is 14.3 Å². The topological polar surface area (TPSA) is 117 Å². The lowest BCUT2D eigenvalue weighted by Gasteiger charge is -2.39. The number of nitro benzene ring substituents is 1. The Kier molecular flexibility index (Phi) is 5.81. The van der Waals surface area contributed by atoms with Crippen molar-refractivity contribution in [3.63, 3.8) is 0 Å². The molecule has 0 spiro atoms. The van der Waals surface area contributed by atoms with Gasteiger partial charge in [-0.25, -0.2) is 4.79 Å². The molecule has 0 saturated heterocycles. The first kappa shape index (κ1) is 23.4. The molecule has 1 N–H and O–H groups in total. The van der Waals surface area contributed by atoms with Gasteiger partial charge in [0, 0.05) is 29.0 Å². The van der Waals surface area contributed by atoms with Crippen molar-refractivity contribution >= 4 is 17.4 Å². The molecule has 0 radical (unpaired) electrons. The van der Waals surface area contributed by atoms with Crippen molar-refractivity contribution in [2.75, 3.05) is 6.79 Å². The molecular formula is C26H30N2O7. The largest absolute Gasteiger partial charge is 0.459 e. The highest BCUT2D eigenvalue weighted by Crippen LogP contribution is 2.51. The number of allylic oxidation sites excluding steroid dienone is 3. The van der Waals surface area contributed by atoms with Gasteiger partial charge in [-0.05, 0) is 50.5 Å². The standard InChI is InChI=1S/C26H30N2O7/c1-14-22(25(30)35-15-7-5-4-6-8-15)23(24-17(27-14)11-26(2,3)12-19(24)29)16-9-20-21(34-13-33-20)10-18(16)28(31)32/h9-10,15,23,27H,4-8,11-13H2,1-3H3/t23-/m0/s1. The minimum absolute atomic E-state index is 0.0469. The molecule has 5 rings (SSSR count). The summed E-state index contributed by atoms with van der Waals surface area (Å²) < 4.78 is 16.8. The molecule has 35 heavy (non-hydrogen) atoms. The van der Waals surface area contributed by atoms with Crippen LogP contribution < -0.4 is 14.8 Å². The Bertz CT molecular complexity index is 1170. The van der Waals surface area contributed by atoms with Crippen LogP contribution in [0.25, 0.3) is 0 Å². The molecule has 0 amide bonds. The second-order valence-corrected chi connectivity index (χ2v) is 10.6. The number of esters is 1. The Labute approximate surface area is 203 Å². The number of ether oxygens (including phenoxy) is 3. The molecule has 1 aromatic rings. The molecule has 2 aliphatic carbocycles. The van der Waals surface area contributed by atoms with Gasteiger partial charge < -0.3 is 19.5 Å². The van der Waals surface area contributed by atoms with Gasteiger partial charge in [-0.1, -0.05) is 20.3 Å². The highest BCUT2D eigenvalue weighted by Gasteiger charge is 2.46. The third-order valence-corrected chi connectivity index (χ3v) is 7.32. The third kappa shape index (κ3) is 4.28. The number of carbonyl (C=O) groups excluding carboxylic acids is 2. The summed E-state index contributed by atoms with van der Waals surface area (Å²) in [6.07, 6.45) is 5.37. The number of rotatable bonds is 4. The molecule has 0 unspecified atom stereocenters. The second-order valence-electron chi connectivity index (χ2n) is 10.6. The van der Waals surface area contributed by atoms with Gasteiger partial charge in [0.2, 0.25) is 6.79 Å². The van der Waals surface area contributed by atoms with Gasteiger partial charge in [0.1, 0.15) is 6.10 Å². The molecule has 4 aliphatic rings. The van der Waals surface area contributed by atoms with Crippen molar-refractivity contribution < 1.29 is 28.7 Å². The Balaban J connectivity index is 1.66. The molecule has 0 aromatic heterocycles. The fraction of sp³-hybridized carbons (Fsp3) is 0.538. The highest BCUT2D eigenvalue weighted by molar-refractivity contribution is 6.04. The average Bonchev–Trinajstić information content (AvgIpc) is 3.24. The molecule has 186 valence electrons. The van der Waals surface area contributed by atoms with Gasteiger partial charge in [0.05, 0.1) is 22.5 Å². The number of benzene rings is 1. The Hall–Kier alpha value is -3.36. The number of ketones is 1. The predicted octanol–water partition coefficient (Wildman–Crippen LogP) is 4.80. The van der Waals surface area contributed by atoms with E-state index in [0.717, 1.165) is 32.1 Å². The number of fused-ring (bicyclic) bond motifs is 1. The van der Waals surface area contributed by atoms with E-state index in [0.29, 0.717) is 29.1 Å². The van der Waals surface area contributed by atoms with E-state index in [1.807, 2.05) is 13.8 Å². The maximum absolute atomic E-state index is 13.6. The molecule has 1 aromatic carbocycles. The Morgan fingerprint density at radius 1 is 1.14 bits per heavy atom. The molecule has 1 saturated carbocycles. The van der Waals surface area contributed by atoms with Gasteiger partial charge >= 0.3 is 5.97 Å². The molecule has 2 aliphatic heterocycles. The van der Waals surface area contributed by atoms with Gasteiger partial charge in [-0.15, -0.1) is 0 Å². The maximum atomic E-state index is 13.6. The SMILES string of the molecule is CC1=C(C(=O)OC2CCCCC2)[C@H](c2cc3c(cc2[N+](=O)[O-])OCO3)C2=C(CC(C)(C)CC2=O)N1. The van der Waals surface area contributed by atoms with E-state index in [4.69, 9.17) is 14.2 Å². The van der Waals surface area contributed by atoms with E-state index in [1.54, 1.807) is 6.92 Å². The lowest BCUT2D eigenvalue weighted by atomic mass is 9.68. The van der Waals surface area contributed by atoms with Crippen LogP contribution in [0.4, 0.5) is 5.69 Å². The number of hydrogen-bond acceptors (Lipinski definition) is 8. The number of hydrogen-bond donors (Lipinski definition) is 1. The maximum Gasteiger partial charge on any atom is 0.337 e. The van der Waals surface area contributed by atoms with Crippen LogP contribution in [0.2, 0.25) is 0 Å². The average molecular weight is 483 g/mol. The summed E-state index contributed by atoms with van der Waals surface area (Å²) in [6, 6.07) is 2.85. The van der Waals surface area contributed by atoms with Crippen LogP contribution in [0.5, 0.6) is 11.5 Å². The minimum atomic E-state index is -0.930. The fourth-order valence-corrected chi connectivity index (χ4v) is 5.75. The van der Waals surface area contributed by atoms with Crippen LogP contribution in [0.1, 0.15) is 77.2 Å². The zero-order valence-electron chi connectivity index (χ0n) is 20.3. The summed E-state index contributed by atoms with van der Waals surface area (Å²) in [5.74, 6) is -0.973. The molecular weight excluding hydrogens is 452 g/mol. The van der Waals surface area contributed by atoms with E-state index in [1.165, 1.54) is 12.1 Å². The van der Waals surface area contributed by atoms with Crippen LogP contribution in [0, 0.1) is 15.5 Å². The molecule has 1 atom stereocenters. The normalized spacial score (nSPS) is 23.6. The molecule has 1 fully saturated rings. The smallest absolute Gasteiger partial charge is 0.337 e. The Morgan fingerprint density at radius 2 is 1.83 bits per heavy atom. The summed E-state index contributed by atoms with van der Waals surface area (Å²) in [5, 5.41) is 15.4. The van der Waals surface area contributed by atoms with Gasteiger partial charge in [-0.3, -0.25) is 14.9 Å². The molecule has 2 heterocycles. The van der Waals surface area contributed by atoms with Crippen LogP contribution >= 0.6 is 0 Å². The summed E-state index contributed by atoms with van der Waals surface area (Å²) in [5.41, 5.74) is 1.63.